The quantitative estimate of drug-likeness (QED) is 0.703. The van der Waals surface area contributed by atoms with Crippen molar-refractivity contribution in [1.82, 2.24) is 5.32 Å². The summed E-state index contributed by atoms with van der Waals surface area (Å²) in [6, 6.07) is 12.8. The van der Waals surface area contributed by atoms with Crippen LogP contribution in [0.15, 0.2) is 40.9 Å². The van der Waals surface area contributed by atoms with E-state index in [2.05, 4.69) is 33.4 Å². The van der Waals surface area contributed by atoms with E-state index in [1.165, 1.54) is 43.9 Å². The lowest BCUT2D eigenvalue weighted by Gasteiger charge is -2.19. The second kappa shape index (κ2) is 8.84. The predicted octanol–water partition coefficient (Wildman–Crippen LogP) is 4.65. The Kier molecular flexibility index (Phi) is 6.52. The van der Waals surface area contributed by atoms with E-state index >= 15 is 0 Å². The number of halogens is 1. The van der Waals surface area contributed by atoms with Gasteiger partial charge in [-0.3, -0.25) is 0 Å². The van der Waals surface area contributed by atoms with Crippen LogP contribution in [0.1, 0.15) is 38.5 Å². The van der Waals surface area contributed by atoms with Gasteiger partial charge in [0.2, 0.25) is 0 Å². The van der Waals surface area contributed by atoms with Crippen molar-refractivity contribution in [3.8, 4) is 5.75 Å². The van der Waals surface area contributed by atoms with Gasteiger partial charge in [-0.1, -0.05) is 53.7 Å². The van der Waals surface area contributed by atoms with E-state index in [9.17, 15) is 5.11 Å². The Labute approximate surface area is 152 Å². The first-order valence-corrected chi connectivity index (χ1v) is 9.73. The average molecular weight is 392 g/mol. The van der Waals surface area contributed by atoms with Crippen LogP contribution in [0.3, 0.4) is 0 Å². The van der Waals surface area contributed by atoms with Gasteiger partial charge < -0.3 is 15.2 Å². The smallest absolute Gasteiger partial charge is 0.120 e. The molecule has 0 aliphatic heterocycles. The molecule has 0 radical (unpaired) electrons. The second-order valence-electron chi connectivity index (χ2n) is 6.71. The summed E-state index contributed by atoms with van der Waals surface area (Å²) in [6.07, 6.45) is 7.29. The standard InChI is InChI=1S/C20H26BrNO2/c21-17-9-7-16-12-20(10-8-15(16)11-17)24-14-19(23)13-22-18-5-3-1-2-4-6-18/h7-12,18-19,22-23H,1-6,13-14H2/t19-/m1/s1. The molecule has 0 unspecified atom stereocenters. The topological polar surface area (TPSA) is 41.5 Å². The highest BCUT2D eigenvalue weighted by atomic mass is 79.9. The summed E-state index contributed by atoms with van der Waals surface area (Å²) in [7, 11) is 0. The zero-order valence-corrected chi connectivity index (χ0v) is 15.6. The minimum atomic E-state index is -0.478. The van der Waals surface area contributed by atoms with E-state index in [0.29, 0.717) is 19.2 Å². The number of fused-ring (bicyclic) bond motifs is 1. The van der Waals surface area contributed by atoms with Crippen LogP contribution < -0.4 is 10.1 Å². The number of aliphatic hydroxyl groups excluding tert-OH is 1. The summed E-state index contributed by atoms with van der Waals surface area (Å²) >= 11 is 3.48. The molecule has 1 saturated carbocycles. The van der Waals surface area contributed by atoms with Gasteiger partial charge in [-0.15, -0.1) is 0 Å². The van der Waals surface area contributed by atoms with Crippen LogP contribution in [0.4, 0.5) is 0 Å². The number of hydrogen-bond donors (Lipinski definition) is 2. The first kappa shape index (κ1) is 17.7. The fraction of sp³-hybridized carbons (Fsp3) is 0.500. The average Bonchev–Trinajstić information content (AvgIpc) is 2.87. The number of aliphatic hydroxyl groups is 1. The first-order chi connectivity index (χ1) is 11.7. The predicted molar refractivity (Wildman–Crippen MR) is 103 cm³/mol. The summed E-state index contributed by atoms with van der Waals surface area (Å²) in [4.78, 5) is 0. The molecular weight excluding hydrogens is 366 g/mol. The molecule has 1 aliphatic carbocycles. The molecule has 3 nitrogen and oxygen atoms in total. The van der Waals surface area contributed by atoms with Gasteiger partial charge in [0.15, 0.2) is 0 Å². The van der Waals surface area contributed by atoms with Crippen LogP contribution >= 0.6 is 15.9 Å². The molecule has 3 rings (SSSR count). The molecule has 130 valence electrons. The van der Waals surface area contributed by atoms with Gasteiger partial charge in [-0.2, -0.15) is 0 Å². The van der Waals surface area contributed by atoms with Gasteiger partial charge in [0.25, 0.3) is 0 Å². The van der Waals surface area contributed by atoms with Crippen molar-refractivity contribution in [2.24, 2.45) is 0 Å². The Balaban J connectivity index is 1.47. The van der Waals surface area contributed by atoms with Crippen molar-refractivity contribution < 1.29 is 9.84 Å². The Hall–Kier alpha value is -1.10. The van der Waals surface area contributed by atoms with Crippen LogP contribution in [0.2, 0.25) is 0 Å². The number of rotatable bonds is 6. The molecule has 0 bridgehead atoms. The molecule has 1 aliphatic rings. The highest BCUT2D eigenvalue weighted by Crippen LogP contribution is 2.24. The first-order valence-electron chi connectivity index (χ1n) is 8.94. The summed E-state index contributed by atoms with van der Waals surface area (Å²) in [6.45, 7) is 0.924. The molecule has 1 atom stereocenters. The molecule has 0 saturated heterocycles. The fourth-order valence-corrected chi connectivity index (χ4v) is 3.70. The third-order valence-corrected chi connectivity index (χ3v) is 5.21. The molecule has 0 aromatic heterocycles. The van der Waals surface area contributed by atoms with Crippen LogP contribution in [0, 0.1) is 0 Å². The highest BCUT2D eigenvalue weighted by molar-refractivity contribution is 9.10. The van der Waals surface area contributed by atoms with Crippen molar-refractivity contribution in [3.05, 3.63) is 40.9 Å². The molecule has 1 fully saturated rings. The number of ether oxygens (including phenoxy) is 1. The molecule has 2 aromatic rings. The van der Waals surface area contributed by atoms with Gasteiger partial charge in [0.1, 0.15) is 18.5 Å². The Morgan fingerprint density at radius 2 is 1.75 bits per heavy atom. The molecule has 0 spiro atoms. The lowest BCUT2D eigenvalue weighted by atomic mass is 10.1. The van der Waals surface area contributed by atoms with Crippen LogP contribution in [0.5, 0.6) is 5.75 Å². The van der Waals surface area contributed by atoms with Gasteiger partial charge in [-0.05, 0) is 47.9 Å². The highest BCUT2D eigenvalue weighted by Gasteiger charge is 2.13. The molecule has 4 heteroatoms. The van der Waals surface area contributed by atoms with Crippen molar-refractivity contribution in [1.29, 1.82) is 0 Å². The van der Waals surface area contributed by atoms with Crippen molar-refractivity contribution in [2.45, 2.75) is 50.7 Å². The monoisotopic (exact) mass is 391 g/mol. The Bertz CT molecular complexity index is 653. The maximum atomic E-state index is 10.2. The van der Waals surface area contributed by atoms with Crippen LogP contribution in [-0.2, 0) is 0 Å². The second-order valence-corrected chi connectivity index (χ2v) is 7.63. The third-order valence-electron chi connectivity index (χ3n) is 4.71. The van der Waals surface area contributed by atoms with E-state index in [1.807, 2.05) is 24.3 Å². The van der Waals surface area contributed by atoms with Crippen molar-refractivity contribution in [2.75, 3.05) is 13.2 Å². The fourth-order valence-electron chi connectivity index (χ4n) is 3.32. The van der Waals surface area contributed by atoms with Crippen LogP contribution in [0.25, 0.3) is 10.8 Å². The molecular formula is C20H26BrNO2. The summed E-state index contributed by atoms with van der Waals surface area (Å²) in [5.41, 5.74) is 0. The minimum Gasteiger partial charge on any atom is -0.491 e. The molecule has 24 heavy (non-hydrogen) atoms. The van der Waals surface area contributed by atoms with Gasteiger partial charge >= 0.3 is 0 Å². The van der Waals surface area contributed by atoms with E-state index in [4.69, 9.17) is 4.74 Å². The zero-order valence-electron chi connectivity index (χ0n) is 14.0. The lowest BCUT2D eigenvalue weighted by Crippen LogP contribution is -2.37. The third kappa shape index (κ3) is 5.20. The van der Waals surface area contributed by atoms with Crippen LogP contribution in [-0.4, -0.2) is 30.4 Å². The lowest BCUT2D eigenvalue weighted by molar-refractivity contribution is 0.103. The summed E-state index contributed by atoms with van der Waals surface area (Å²) < 4.78 is 6.84. The Morgan fingerprint density at radius 3 is 2.54 bits per heavy atom. The van der Waals surface area contributed by atoms with Gasteiger partial charge in [0.05, 0.1) is 0 Å². The molecule has 0 heterocycles. The molecule has 2 N–H and O–H groups in total. The summed E-state index contributed by atoms with van der Waals surface area (Å²) in [5, 5.41) is 16.0. The summed E-state index contributed by atoms with van der Waals surface area (Å²) in [5.74, 6) is 0.804. The van der Waals surface area contributed by atoms with Crippen molar-refractivity contribution >= 4 is 26.7 Å². The number of benzene rings is 2. The number of hydrogen-bond acceptors (Lipinski definition) is 3. The zero-order chi connectivity index (χ0) is 16.8. The molecule has 2 aromatic carbocycles. The largest absolute Gasteiger partial charge is 0.491 e. The van der Waals surface area contributed by atoms with E-state index in [-0.39, 0.29) is 0 Å². The van der Waals surface area contributed by atoms with E-state index in [1.54, 1.807) is 0 Å². The molecule has 0 amide bonds. The van der Waals surface area contributed by atoms with E-state index < -0.39 is 6.10 Å². The van der Waals surface area contributed by atoms with E-state index in [0.717, 1.165) is 15.6 Å². The number of nitrogens with one attached hydrogen (secondary N) is 1. The Morgan fingerprint density at radius 1 is 1.04 bits per heavy atom. The maximum Gasteiger partial charge on any atom is 0.120 e. The minimum absolute atomic E-state index is 0.321. The van der Waals surface area contributed by atoms with Gasteiger partial charge in [-0.25, -0.2) is 0 Å². The van der Waals surface area contributed by atoms with Crippen molar-refractivity contribution in [3.63, 3.8) is 0 Å². The maximum absolute atomic E-state index is 10.2. The normalized spacial score (nSPS) is 17.6. The SMILES string of the molecule is O[C@H](CNC1CCCCCC1)COc1ccc2cc(Br)ccc2c1. The van der Waals surface area contributed by atoms with Gasteiger partial charge in [0, 0.05) is 17.1 Å².